The first kappa shape index (κ1) is 26.9. The van der Waals surface area contributed by atoms with Gasteiger partial charge in [-0.1, -0.05) is 43.0 Å². The largest absolute Gasteiger partial charge is 0.497 e. The van der Waals surface area contributed by atoms with Crippen LogP contribution in [0.25, 0.3) is 6.08 Å². The van der Waals surface area contributed by atoms with E-state index in [0.29, 0.717) is 66.2 Å². The molecule has 2 aliphatic rings. The molecule has 0 N–H and O–H groups in total. The monoisotopic (exact) mass is 538 g/mol. The van der Waals surface area contributed by atoms with Crippen molar-refractivity contribution in [3.63, 3.8) is 0 Å². The lowest BCUT2D eigenvalue weighted by Gasteiger charge is -2.33. The zero-order chi connectivity index (χ0) is 26.5. The first-order valence-corrected chi connectivity index (χ1v) is 13.5. The van der Waals surface area contributed by atoms with E-state index < -0.39 is 0 Å². The van der Waals surface area contributed by atoms with E-state index in [1.165, 1.54) is 11.8 Å². The van der Waals surface area contributed by atoms with Crippen LogP contribution in [0, 0.1) is 18.3 Å². The Hall–Kier alpha value is -3.13. The highest BCUT2D eigenvalue weighted by Gasteiger charge is 2.33. The van der Waals surface area contributed by atoms with Gasteiger partial charge in [-0.05, 0) is 49.1 Å². The SMILES string of the molecule is CCCn1c(N2CCOCC2)c(/C=C2\SC(=S)N(CCc3ccc(OC)cc3)C2=O)c(C)c(C#N)c1=O. The lowest BCUT2D eigenvalue weighted by Crippen LogP contribution is -2.41. The van der Waals surface area contributed by atoms with Crippen molar-refractivity contribution < 1.29 is 14.3 Å². The molecule has 8 nitrogen and oxygen atoms in total. The first-order chi connectivity index (χ1) is 17.9. The average Bonchev–Trinajstić information content (AvgIpc) is 3.18. The molecule has 0 radical (unpaired) electrons. The van der Waals surface area contributed by atoms with Crippen molar-refractivity contribution in [2.75, 3.05) is 44.9 Å². The summed E-state index contributed by atoms with van der Waals surface area (Å²) in [6, 6.07) is 9.84. The fraction of sp³-hybridized carbons (Fsp3) is 0.407. The number of aromatic nitrogens is 1. The van der Waals surface area contributed by atoms with Crippen molar-refractivity contribution in [1.29, 1.82) is 5.26 Å². The summed E-state index contributed by atoms with van der Waals surface area (Å²) in [6.07, 6.45) is 3.19. The van der Waals surface area contributed by atoms with Gasteiger partial charge in [0.2, 0.25) is 0 Å². The van der Waals surface area contributed by atoms with Crippen molar-refractivity contribution in [1.82, 2.24) is 9.47 Å². The van der Waals surface area contributed by atoms with Crippen LogP contribution in [0.15, 0.2) is 34.0 Å². The van der Waals surface area contributed by atoms with E-state index in [4.69, 9.17) is 21.7 Å². The maximum absolute atomic E-state index is 13.4. The zero-order valence-electron chi connectivity index (χ0n) is 21.3. The molecule has 0 bridgehead atoms. The van der Waals surface area contributed by atoms with Gasteiger partial charge in [-0.2, -0.15) is 5.26 Å². The van der Waals surface area contributed by atoms with Crippen LogP contribution < -0.4 is 15.2 Å². The Morgan fingerprint density at radius 2 is 1.89 bits per heavy atom. The molecular formula is C27H30N4O4S2. The van der Waals surface area contributed by atoms with Crippen molar-refractivity contribution in [2.45, 2.75) is 33.2 Å². The summed E-state index contributed by atoms with van der Waals surface area (Å²) in [4.78, 5) is 30.9. The second-order valence-corrected chi connectivity index (χ2v) is 10.5. The number of thioether (sulfide) groups is 1. The van der Waals surface area contributed by atoms with Crippen LogP contribution >= 0.6 is 24.0 Å². The smallest absolute Gasteiger partial charge is 0.270 e. The van der Waals surface area contributed by atoms with Crippen LogP contribution in [0.2, 0.25) is 0 Å². The summed E-state index contributed by atoms with van der Waals surface area (Å²) in [5.41, 5.74) is 2.17. The normalized spacial score (nSPS) is 17.0. The third kappa shape index (κ3) is 5.59. The van der Waals surface area contributed by atoms with Crippen LogP contribution in [-0.2, 0) is 22.5 Å². The van der Waals surface area contributed by atoms with Gasteiger partial charge in [-0.25, -0.2) is 0 Å². The number of pyridine rings is 1. The molecule has 2 fully saturated rings. The number of ether oxygens (including phenoxy) is 2. The van der Waals surface area contributed by atoms with E-state index in [1.54, 1.807) is 29.6 Å². The van der Waals surface area contributed by atoms with Gasteiger partial charge < -0.3 is 14.4 Å². The number of anilines is 1. The first-order valence-electron chi connectivity index (χ1n) is 12.3. The molecule has 2 aliphatic heterocycles. The van der Waals surface area contributed by atoms with Gasteiger partial charge in [0.15, 0.2) is 0 Å². The molecule has 1 amide bonds. The van der Waals surface area contributed by atoms with Crippen molar-refractivity contribution >= 4 is 46.1 Å². The van der Waals surface area contributed by atoms with E-state index in [1.807, 2.05) is 31.2 Å². The van der Waals surface area contributed by atoms with Crippen molar-refractivity contribution in [3.05, 3.63) is 61.8 Å². The molecule has 1 aromatic heterocycles. The molecule has 0 atom stereocenters. The fourth-order valence-corrected chi connectivity index (χ4v) is 5.84. The number of rotatable bonds is 8. The minimum absolute atomic E-state index is 0.103. The third-order valence-electron chi connectivity index (χ3n) is 6.54. The second-order valence-electron chi connectivity index (χ2n) is 8.84. The van der Waals surface area contributed by atoms with Crippen LogP contribution in [0.3, 0.4) is 0 Å². The highest BCUT2D eigenvalue weighted by atomic mass is 32.2. The summed E-state index contributed by atoms with van der Waals surface area (Å²) >= 11 is 6.82. The number of benzene rings is 1. The second kappa shape index (κ2) is 11.9. The predicted octanol–water partition coefficient (Wildman–Crippen LogP) is 3.73. The predicted molar refractivity (Wildman–Crippen MR) is 150 cm³/mol. The number of nitriles is 1. The molecule has 194 valence electrons. The molecule has 0 saturated carbocycles. The average molecular weight is 539 g/mol. The van der Waals surface area contributed by atoms with Gasteiger partial charge in [0.1, 0.15) is 27.5 Å². The molecule has 37 heavy (non-hydrogen) atoms. The standard InChI is InChI=1S/C27H30N4O4S2/c1-4-10-30-24(29-12-14-35-15-13-29)21(18(2)22(17-28)25(30)32)16-23-26(33)31(27(36)37-23)11-9-19-5-7-20(34-3)8-6-19/h5-8,16H,4,9-15H2,1-3H3/b23-16-. The number of nitrogens with zero attached hydrogens (tertiary/aromatic N) is 4. The number of hydrogen-bond acceptors (Lipinski definition) is 8. The maximum atomic E-state index is 13.4. The van der Waals surface area contributed by atoms with Gasteiger partial charge in [0.05, 0.1) is 25.2 Å². The fourth-order valence-electron chi connectivity index (χ4n) is 4.55. The quantitative estimate of drug-likeness (QED) is 0.371. The van der Waals surface area contributed by atoms with E-state index in [-0.39, 0.29) is 17.0 Å². The number of carbonyl (C=O) groups excluding carboxylic acids is 1. The lowest BCUT2D eigenvalue weighted by atomic mass is 10.0. The number of thiocarbonyl (C=S) groups is 1. The van der Waals surface area contributed by atoms with Gasteiger partial charge in [-0.3, -0.25) is 19.1 Å². The summed E-state index contributed by atoms with van der Waals surface area (Å²) in [5.74, 6) is 1.35. The number of hydrogen-bond donors (Lipinski definition) is 0. The molecule has 0 spiro atoms. The number of morpholine rings is 1. The summed E-state index contributed by atoms with van der Waals surface area (Å²) in [7, 11) is 1.63. The van der Waals surface area contributed by atoms with Crippen LogP contribution in [0.1, 0.15) is 35.6 Å². The zero-order valence-corrected chi connectivity index (χ0v) is 22.9. The number of amides is 1. The van der Waals surface area contributed by atoms with E-state index in [2.05, 4.69) is 11.0 Å². The highest BCUT2D eigenvalue weighted by molar-refractivity contribution is 8.26. The van der Waals surface area contributed by atoms with Gasteiger partial charge in [-0.15, -0.1) is 0 Å². The summed E-state index contributed by atoms with van der Waals surface area (Å²) < 4.78 is 12.9. The molecule has 4 rings (SSSR count). The summed E-state index contributed by atoms with van der Waals surface area (Å²) in [5, 5.41) is 9.80. The van der Waals surface area contributed by atoms with Crippen LogP contribution in [-0.4, -0.2) is 59.7 Å². The third-order valence-corrected chi connectivity index (χ3v) is 7.91. The highest BCUT2D eigenvalue weighted by Crippen LogP contribution is 2.36. The minimum atomic E-state index is -0.299. The Kier molecular flexibility index (Phi) is 8.69. The Labute approximate surface area is 226 Å². The molecule has 10 heteroatoms. The Morgan fingerprint density at radius 1 is 1.19 bits per heavy atom. The van der Waals surface area contributed by atoms with Gasteiger partial charge in [0, 0.05) is 31.7 Å². The van der Waals surface area contributed by atoms with Gasteiger partial charge in [0.25, 0.3) is 11.5 Å². The lowest BCUT2D eigenvalue weighted by molar-refractivity contribution is -0.122. The van der Waals surface area contributed by atoms with Crippen LogP contribution in [0.4, 0.5) is 5.82 Å². The molecule has 3 heterocycles. The molecule has 0 unspecified atom stereocenters. The summed E-state index contributed by atoms with van der Waals surface area (Å²) in [6.45, 7) is 7.05. The topological polar surface area (TPSA) is 87.8 Å². The molecule has 2 aromatic rings. The number of carbonyl (C=O) groups is 1. The maximum Gasteiger partial charge on any atom is 0.270 e. The molecule has 0 aliphatic carbocycles. The van der Waals surface area contributed by atoms with Crippen molar-refractivity contribution in [3.8, 4) is 11.8 Å². The Balaban J connectivity index is 1.70. The van der Waals surface area contributed by atoms with Crippen LogP contribution in [0.5, 0.6) is 5.75 Å². The van der Waals surface area contributed by atoms with Crippen molar-refractivity contribution in [2.24, 2.45) is 0 Å². The Morgan fingerprint density at radius 3 is 2.51 bits per heavy atom. The van der Waals surface area contributed by atoms with E-state index in [0.717, 1.165) is 23.6 Å². The van der Waals surface area contributed by atoms with Gasteiger partial charge >= 0.3 is 0 Å². The molecular weight excluding hydrogens is 508 g/mol. The molecule has 2 saturated heterocycles. The van der Waals surface area contributed by atoms with E-state index in [9.17, 15) is 14.9 Å². The van der Waals surface area contributed by atoms with E-state index >= 15 is 0 Å². The number of methoxy groups -OCH3 is 1. The Bertz CT molecular complexity index is 1320. The molecule has 1 aromatic carbocycles. The minimum Gasteiger partial charge on any atom is -0.497 e.